The number of nitrogens with zero attached hydrogens (tertiary/aromatic N) is 1. The van der Waals surface area contributed by atoms with E-state index >= 15 is 0 Å². The van der Waals surface area contributed by atoms with Crippen molar-refractivity contribution in [3.05, 3.63) is 63.4 Å². The van der Waals surface area contributed by atoms with Gasteiger partial charge in [0.25, 0.3) is 0 Å². The number of hydrogen-bond acceptors (Lipinski definition) is 2. The lowest BCUT2D eigenvalue weighted by molar-refractivity contribution is 0.595. The molecule has 1 aromatic heterocycles. The maximum absolute atomic E-state index is 4.33. The molecule has 2 aromatic rings. The van der Waals surface area contributed by atoms with Crippen LogP contribution in [0.1, 0.15) is 41.6 Å². The number of aromatic nitrogens is 1. The van der Waals surface area contributed by atoms with E-state index in [-0.39, 0.29) is 6.04 Å². The van der Waals surface area contributed by atoms with Gasteiger partial charge in [-0.1, -0.05) is 41.1 Å². The summed E-state index contributed by atoms with van der Waals surface area (Å²) in [7, 11) is 0. The first-order chi connectivity index (χ1) is 9.61. The van der Waals surface area contributed by atoms with Gasteiger partial charge in [-0.15, -0.1) is 0 Å². The zero-order valence-electron chi connectivity index (χ0n) is 12.3. The van der Waals surface area contributed by atoms with Crippen LogP contribution in [0.2, 0.25) is 0 Å². The molecule has 1 N–H and O–H groups in total. The van der Waals surface area contributed by atoms with Gasteiger partial charge in [-0.25, -0.2) is 0 Å². The van der Waals surface area contributed by atoms with Gasteiger partial charge in [-0.3, -0.25) is 4.98 Å². The molecule has 0 fully saturated rings. The fourth-order valence-electron chi connectivity index (χ4n) is 2.30. The quantitative estimate of drug-likeness (QED) is 0.868. The number of benzene rings is 1. The van der Waals surface area contributed by atoms with E-state index in [0.717, 1.165) is 17.4 Å². The molecule has 1 unspecified atom stereocenters. The van der Waals surface area contributed by atoms with Crippen molar-refractivity contribution >= 4 is 15.9 Å². The molecule has 0 amide bonds. The van der Waals surface area contributed by atoms with Crippen LogP contribution in [-0.2, 0) is 0 Å². The molecule has 106 valence electrons. The minimum absolute atomic E-state index is 0.178. The first-order valence-corrected chi connectivity index (χ1v) is 7.82. The fraction of sp³-hybridized carbons (Fsp3) is 0.353. The third kappa shape index (κ3) is 3.68. The van der Waals surface area contributed by atoms with Crippen LogP contribution in [0, 0.1) is 13.8 Å². The number of hydrogen-bond donors (Lipinski definition) is 1. The molecule has 0 aliphatic rings. The molecule has 3 heteroatoms. The molecule has 2 nitrogen and oxygen atoms in total. The van der Waals surface area contributed by atoms with E-state index in [1.165, 1.54) is 22.3 Å². The van der Waals surface area contributed by atoms with Crippen LogP contribution >= 0.6 is 15.9 Å². The molecule has 0 aliphatic heterocycles. The third-order valence-corrected chi connectivity index (χ3v) is 3.98. The van der Waals surface area contributed by atoms with Gasteiger partial charge >= 0.3 is 0 Å². The molecular weight excluding hydrogens is 312 g/mol. The van der Waals surface area contributed by atoms with Crippen LogP contribution in [0.4, 0.5) is 0 Å². The second-order valence-electron chi connectivity index (χ2n) is 5.21. The maximum atomic E-state index is 4.33. The molecule has 0 saturated heterocycles. The van der Waals surface area contributed by atoms with Gasteiger partial charge in [0.2, 0.25) is 0 Å². The Balaban J connectivity index is 2.41. The highest BCUT2D eigenvalue weighted by atomic mass is 79.9. The standard InChI is InChI=1S/C17H21BrN2/c1-4-7-20-17(14-8-13(3)10-19-11-14)15-6-5-12(2)9-16(15)18/h5-6,8-11,17,20H,4,7H2,1-3H3. The summed E-state index contributed by atoms with van der Waals surface area (Å²) >= 11 is 3.70. The summed E-state index contributed by atoms with van der Waals surface area (Å²) in [6, 6.07) is 8.89. The van der Waals surface area contributed by atoms with Crippen LogP contribution < -0.4 is 5.32 Å². The molecule has 1 heterocycles. The van der Waals surface area contributed by atoms with Gasteiger partial charge in [-0.2, -0.15) is 0 Å². The van der Waals surface area contributed by atoms with Crippen molar-refractivity contribution in [3.63, 3.8) is 0 Å². The Bertz CT molecular complexity index is 581. The largest absolute Gasteiger partial charge is 0.306 e. The Morgan fingerprint density at radius 1 is 1.15 bits per heavy atom. The molecule has 20 heavy (non-hydrogen) atoms. The lowest BCUT2D eigenvalue weighted by Gasteiger charge is -2.21. The summed E-state index contributed by atoms with van der Waals surface area (Å²) in [6.45, 7) is 7.36. The molecule has 0 bridgehead atoms. The predicted octanol–water partition coefficient (Wildman–Crippen LogP) is 4.55. The van der Waals surface area contributed by atoms with E-state index in [2.05, 4.69) is 71.3 Å². The third-order valence-electron chi connectivity index (χ3n) is 3.29. The number of halogens is 1. The lowest BCUT2D eigenvalue weighted by Crippen LogP contribution is -2.23. The van der Waals surface area contributed by atoms with Gasteiger partial charge in [0.05, 0.1) is 6.04 Å². The van der Waals surface area contributed by atoms with E-state index < -0.39 is 0 Å². The van der Waals surface area contributed by atoms with Crippen molar-refractivity contribution in [1.82, 2.24) is 10.3 Å². The highest BCUT2D eigenvalue weighted by Crippen LogP contribution is 2.29. The Hall–Kier alpha value is -1.19. The summed E-state index contributed by atoms with van der Waals surface area (Å²) in [5.74, 6) is 0. The summed E-state index contributed by atoms with van der Waals surface area (Å²) < 4.78 is 1.15. The zero-order valence-corrected chi connectivity index (χ0v) is 13.9. The number of nitrogens with one attached hydrogen (secondary N) is 1. The summed E-state index contributed by atoms with van der Waals surface area (Å²) in [5, 5.41) is 3.62. The molecule has 0 saturated carbocycles. The highest BCUT2D eigenvalue weighted by molar-refractivity contribution is 9.10. The van der Waals surface area contributed by atoms with Crippen LogP contribution in [0.5, 0.6) is 0 Å². The topological polar surface area (TPSA) is 24.9 Å². The Morgan fingerprint density at radius 3 is 2.60 bits per heavy atom. The molecule has 2 rings (SSSR count). The maximum Gasteiger partial charge on any atom is 0.0603 e. The van der Waals surface area contributed by atoms with E-state index in [4.69, 9.17) is 0 Å². The molecule has 0 radical (unpaired) electrons. The molecule has 1 atom stereocenters. The van der Waals surface area contributed by atoms with Crippen molar-refractivity contribution in [2.24, 2.45) is 0 Å². The summed E-state index contributed by atoms with van der Waals surface area (Å²) in [4.78, 5) is 4.33. The monoisotopic (exact) mass is 332 g/mol. The van der Waals surface area contributed by atoms with Crippen molar-refractivity contribution in [3.8, 4) is 0 Å². The summed E-state index contributed by atoms with van der Waals surface area (Å²) in [5.41, 5.74) is 4.92. The average molecular weight is 333 g/mol. The smallest absolute Gasteiger partial charge is 0.0603 e. The van der Waals surface area contributed by atoms with Crippen molar-refractivity contribution < 1.29 is 0 Å². The van der Waals surface area contributed by atoms with Crippen molar-refractivity contribution in [2.45, 2.75) is 33.2 Å². The first-order valence-electron chi connectivity index (χ1n) is 7.02. The molecular formula is C17H21BrN2. The minimum atomic E-state index is 0.178. The lowest BCUT2D eigenvalue weighted by atomic mass is 9.98. The minimum Gasteiger partial charge on any atom is -0.306 e. The van der Waals surface area contributed by atoms with Gasteiger partial charge in [0.15, 0.2) is 0 Å². The normalized spacial score (nSPS) is 12.4. The van der Waals surface area contributed by atoms with Gasteiger partial charge in [0, 0.05) is 16.9 Å². The van der Waals surface area contributed by atoms with Crippen LogP contribution in [-0.4, -0.2) is 11.5 Å². The van der Waals surface area contributed by atoms with E-state index in [0.29, 0.717) is 0 Å². The SMILES string of the molecule is CCCNC(c1cncc(C)c1)c1ccc(C)cc1Br. The Kier molecular flexibility index (Phi) is 5.32. The molecule has 0 aliphatic carbocycles. The van der Waals surface area contributed by atoms with Crippen LogP contribution in [0.15, 0.2) is 41.1 Å². The molecule has 0 spiro atoms. The second kappa shape index (κ2) is 7.00. The van der Waals surface area contributed by atoms with Crippen LogP contribution in [0.3, 0.4) is 0 Å². The van der Waals surface area contributed by atoms with Crippen molar-refractivity contribution in [2.75, 3.05) is 6.54 Å². The Morgan fingerprint density at radius 2 is 1.95 bits per heavy atom. The van der Waals surface area contributed by atoms with Gasteiger partial charge in [-0.05, 0) is 55.1 Å². The zero-order chi connectivity index (χ0) is 14.5. The highest BCUT2D eigenvalue weighted by Gasteiger charge is 2.16. The first kappa shape index (κ1) is 15.2. The average Bonchev–Trinajstić information content (AvgIpc) is 2.41. The van der Waals surface area contributed by atoms with E-state index in [1.54, 1.807) is 0 Å². The fourth-order valence-corrected chi connectivity index (χ4v) is 3.02. The van der Waals surface area contributed by atoms with Crippen molar-refractivity contribution in [1.29, 1.82) is 0 Å². The van der Waals surface area contributed by atoms with E-state index in [1.807, 2.05) is 12.4 Å². The van der Waals surface area contributed by atoms with Gasteiger partial charge in [0.1, 0.15) is 0 Å². The number of pyridine rings is 1. The summed E-state index contributed by atoms with van der Waals surface area (Å²) in [6.07, 6.45) is 4.95. The second-order valence-corrected chi connectivity index (χ2v) is 6.06. The number of aryl methyl sites for hydroxylation is 2. The van der Waals surface area contributed by atoms with Gasteiger partial charge < -0.3 is 5.32 Å². The van der Waals surface area contributed by atoms with Crippen LogP contribution in [0.25, 0.3) is 0 Å². The van der Waals surface area contributed by atoms with E-state index in [9.17, 15) is 0 Å². The molecule has 1 aromatic carbocycles. The number of rotatable bonds is 5. The predicted molar refractivity (Wildman–Crippen MR) is 88.0 cm³/mol. The Labute approximate surface area is 129 Å².